The molecular weight excluding hydrogens is 353 g/mol. The summed E-state index contributed by atoms with van der Waals surface area (Å²) in [6.45, 7) is 0.873. The minimum atomic E-state index is -4.25. The molecule has 0 atom stereocenters. The van der Waals surface area contributed by atoms with Crippen LogP contribution in [0.3, 0.4) is 0 Å². The van der Waals surface area contributed by atoms with Crippen molar-refractivity contribution in [2.24, 2.45) is 0 Å². The van der Waals surface area contributed by atoms with Crippen LogP contribution in [-0.2, 0) is 9.05 Å². The number of rotatable bonds is 3. The number of nitrogen functional groups attached to an aromatic ring is 1. The van der Waals surface area contributed by atoms with Gasteiger partial charge in [-0.05, 0) is 0 Å². The van der Waals surface area contributed by atoms with E-state index >= 15 is 0 Å². The van der Waals surface area contributed by atoms with Crippen LogP contribution in [0.1, 0.15) is 6.42 Å². The molecule has 25 heavy (non-hydrogen) atoms. The molecule has 6 heteroatoms. The number of nitrogens with two attached hydrogens (primary N) is 1. The molecule has 0 aliphatic carbocycles. The average molecular weight is 373 g/mol. The van der Waals surface area contributed by atoms with Gasteiger partial charge in [0.2, 0.25) is 0 Å². The van der Waals surface area contributed by atoms with E-state index < -0.39 is 7.28 Å². The van der Waals surface area contributed by atoms with Gasteiger partial charge < -0.3 is 0 Å². The van der Waals surface area contributed by atoms with E-state index in [0.717, 1.165) is 16.9 Å². The first-order valence-corrected chi connectivity index (χ1v) is 11.1. The number of benzene rings is 2. The second-order valence-corrected chi connectivity index (χ2v) is 10.3. The quantitative estimate of drug-likeness (QED) is 0.543. The second-order valence-electron chi connectivity index (χ2n) is 6.02. The molecule has 1 aliphatic heterocycles. The summed E-state index contributed by atoms with van der Waals surface area (Å²) in [5.41, 5.74) is 7.77. The SMILES string of the molecule is Nc1ccc(-c2cccs2)cc1P1(O)(c2ccccc2)OCCCO1. The van der Waals surface area contributed by atoms with Gasteiger partial charge in [0, 0.05) is 0 Å². The fraction of sp³-hybridized carbons (Fsp3) is 0.158. The molecule has 130 valence electrons. The monoisotopic (exact) mass is 373 g/mol. The predicted molar refractivity (Wildman–Crippen MR) is 106 cm³/mol. The van der Waals surface area contributed by atoms with Crippen LogP contribution < -0.4 is 16.3 Å². The Bertz CT molecular complexity index is 877. The Labute approximate surface area is 151 Å². The summed E-state index contributed by atoms with van der Waals surface area (Å²) < 4.78 is 12.1. The van der Waals surface area contributed by atoms with Gasteiger partial charge in [-0.2, -0.15) is 0 Å². The summed E-state index contributed by atoms with van der Waals surface area (Å²) in [5.74, 6) is 0. The van der Waals surface area contributed by atoms with E-state index in [1.807, 2.05) is 66.0 Å². The van der Waals surface area contributed by atoms with Gasteiger partial charge in [-0.3, -0.25) is 0 Å². The second kappa shape index (κ2) is 6.20. The molecule has 0 saturated carbocycles. The Morgan fingerprint density at radius 1 is 0.960 bits per heavy atom. The molecule has 1 aromatic heterocycles. The van der Waals surface area contributed by atoms with Crippen LogP contribution in [-0.4, -0.2) is 18.1 Å². The molecule has 2 aromatic carbocycles. The van der Waals surface area contributed by atoms with Gasteiger partial charge in [0.1, 0.15) is 0 Å². The maximum absolute atomic E-state index is 12.0. The van der Waals surface area contributed by atoms with Gasteiger partial charge in [0.15, 0.2) is 0 Å². The zero-order chi connectivity index (χ0) is 17.4. The molecule has 0 spiro atoms. The van der Waals surface area contributed by atoms with Crippen molar-refractivity contribution in [2.45, 2.75) is 6.42 Å². The van der Waals surface area contributed by atoms with Crippen molar-refractivity contribution in [1.82, 2.24) is 0 Å². The molecule has 3 N–H and O–H groups in total. The van der Waals surface area contributed by atoms with Crippen LogP contribution in [0.4, 0.5) is 5.69 Å². The minimum absolute atomic E-state index is 0.436. The van der Waals surface area contributed by atoms with E-state index in [9.17, 15) is 4.89 Å². The summed E-state index contributed by atoms with van der Waals surface area (Å²) in [7, 11) is -4.25. The molecule has 1 saturated heterocycles. The Morgan fingerprint density at radius 3 is 2.40 bits per heavy atom. The zero-order valence-electron chi connectivity index (χ0n) is 13.7. The fourth-order valence-corrected chi connectivity index (χ4v) is 7.35. The first-order valence-electron chi connectivity index (χ1n) is 8.17. The number of hydrogen-bond donors (Lipinski definition) is 2. The fourth-order valence-electron chi connectivity index (χ4n) is 3.16. The molecule has 1 aliphatic rings. The van der Waals surface area contributed by atoms with E-state index in [4.69, 9.17) is 14.8 Å². The Balaban J connectivity index is 1.96. The first-order chi connectivity index (χ1) is 12.1. The van der Waals surface area contributed by atoms with Crippen LogP contribution in [0.15, 0.2) is 66.0 Å². The van der Waals surface area contributed by atoms with Gasteiger partial charge in [-0.1, -0.05) is 0 Å². The van der Waals surface area contributed by atoms with E-state index in [1.54, 1.807) is 11.3 Å². The molecule has 0 bridgehead atoms. The third-order valence-electron chi connectivity index (χ3n) is 4.42. The maximum atomic E-state index is 12.0. The van der Waals surface area contributed by atoms with Crippen molar-refractivity contribution >= 4 is 34.9 Å². The third-order valence-corrected chi connectivity index (χ3v) is 9.11. The molecule has 0 amide bonds. The van der Waals surface area contributed by atoms with Gasteiger partial charge >= 0.3 is 151 Å². The molecule has 3 aromatic rings. The predicted octanol–water partition coefficient (Wildman–Crippen LogP) is 3.68. The summed E-state index contributed by atoms with van der Waals surface area (Å²) in [4.78, 5) is 13.1. The van der Waals surface area contributed by atoms with E-state index in [0.29, 0.717) is 29.5 Å². The molecule has 4 nitrogen and oxygen atoms in total. The normalized spacial score (nSPS) is 20.4. The first kappa shape index (κ1) is 16.7. The Hall–Kier alpha value is -1.75. The number of hydrogen-bond acceptors (Lipinski definition) is 5. The van der Waals surface area contributed by atoms with Crippen LogP contribution in [0.5, 0.6) is 0 Å². The average Bonchev–Trinajstić information content (AvgIpc) is 3.18. The standard InChI is InChI=1S/C19H20NO3PS/c20-17-10-9-15(19-8-4-13-25-19)14-18(17)24(21,22-11-5-12-23-24)16-6-2-1-3-7-16/h1-4,6-10,13-14,21H,5,11-12,20H2. The number of thiophene rings is 1. The summed E-state index contributed by atoms with van der Waals surface area (Å²) in [6, 6.07) is 19.1. The van der Waals surface area contributed by atoms with Crippen LogP contribution in [0.2, 0.25) is 0 Å². The van der Waals surface area contributed by atoms with Crippen molar-refractivity contribution < 1.29 is 13.9 Å². The molecule has 2 heterocycles. The van der Waals surface area contributed by atoms with Crippen LogP contribution >= 0.6 is 18.6 Å². The van der Waals surface area contributed by atoms with Crippen LogP contribution in [0, 0.1) is 0 Å². The summed E-state index contributed by atoms with van der Waals surface area (Å²) >= 11 is 1.64. The van der Waals surface area contributed by atoms with E-state index in [-0.39, 0.29) is 0 Å². The van der Waals surface area contributed by atoms with Gasteiger partial charge in [-0.15, -0.1) is 0 Å². The van der Waals surface area contributed by atoms with Crippen molar-refractivity contribution in [3.63, 3.8) is 0 Å². The number of anilines is 1. The molecule has 4 rings (SSSR count). The summed E-state index contributed by atoms with van der Waals surface area (Å²) in [6.07, 6.45) is 0.746. The van der Waals surface area contributed by atoms with Gasteiger partial charge in [0.25, 0.3) is 0 Å². The Kier molecular flexibility index (Phi) is 4.14. The van der Waals surface area contributed by atoms with E-state index in [2.05, 4.69) is 0 Å². The van der Waals surface area contributed by atoms with Crippen molar-refractivity contribution in [1.29, 1.82) is 0 Å². The van der Waals surface area contributed by atoms with Gasteiger partial charge in [-0.25, -0.2) is 0 Å². The molecule has 0 radical (unpaired) electrons. The zero-order valence-corrected chi connectivity index (χ0v) is 15.4. The van der Waals surface area contributed by atoms with Crippen LogP contribution in [0.25, 0.3) is 10.4 Å². The molecular formula is C19H20NO3PS. The topological polar surface area (TPSA) is 64.7 Å². The molecule has 1 fully saturated rings. The van der Waals surface area contributed by atoms with Crippen molar-refractivity contribution in [2.75, 3.05) is 18.9 Å². The summed E-state index contributed by atoms with van der Waals surface area (Å²) in [5, 5.41) is 3.21. The van der Waals surface area contributed by atoms with Crippen molar-refractivity contribution in [3.05, 3.63) is 66.0 Å². The molecule has 0 unspecified atom stereocenters. The third kappa shape index (κ3) is 2.69. The van der Waals surface area contributed by atoms with Crippen molar-refractivity contribution in [3.8, 4) is 10.4 Å². The Morgan fingerprint density at radius 2 is 1.72 bits per heavy atom. The van der Waals surface area contributed by atoms with Gasteiger partial charge in [0.05, 0.1) is 0 Å². The van der Waals surface area contributed by atoms with E-state index in [1.165, 1.54) is 0 Å².